The maximum atomic E-state index is 5.47. The molecule has 0 fully saturated rings. The number of hydrogen-bond acceptors (Lipinski definition) is 4. The molecule has 0 aliphatic carbocycles. The summed E-state index contributed by atoms with van der Waals surface area (Å²) in [6.07, 6.45) is 1.89. The molecule has 0 saturated heterocycles. The third-order valence-corrected chi connectivity index (χ3v) is 3.03. The fourth-order valence-corrected chi connectivity index (χ4v) is 1.99. The molecule has 0 aliphatic heterocycles. The lowest BCUT2D eigenvalue weighted by atomic mass is 10.2. The number of hydrogen-bond donors (Lipinski definition) is 1. The summed E-state index contributed by atoms with van der Waals surface area (Å²) in [6.45, 7) is 4.73. The smallest absolute Gasteiger partial charge is 0.212 e. The first-order chi connectivity index (χ1) is 6.20. The van der Waals surface area contributed by atoms with Crippen molar-refractivity contribution < 1.29 is 0 Å². The van der Waals surface area contributed by atoms with Crippen molar-refractivity contribution in [2.45, 2.75) is 26.3 Å². The van der Waals surface area contributed by atoms with E-state index in [1.165, 1.54) is 0 Å². The van der Waals surface area contributed by atoms with E-state index in [1.807, 2.05) is 10.7 Å². The Labute approximate surface area is 80.4 Å². The average molecular weight is 196 g/mol. The van der Waals surface area contributed by atoms with Gasteiger partial charge in [-0.3, -0.25) is 0 Å². The van der Waals surface area contributed by atoms with Crippen molar-refractivity contribution in [2.24, 2.45) is 5.73 Å². The summed E-state index contributed by atoms with van der Waals surface area (Å²) in [4.78, 5) is 5.26. The molecule has 0 saturated carbocycles. The lowest BCUT2D eigenvalue weighted by molar-refractivity contribution is 0.800. The number of fused-ring (bicyclic) bond motifs is 1. The van der Waals surface area contributed by atoms with E-state index in [0.717, 1.165) is 15.7 Å². The van der Waals surface area contributed by atoms with Crippen LogP contribution >= 0.6 is 11.3 Å². The van der Waals surface area contributed by atoms with Gasteiger partial charge in [0.1, 0.15) is 5.01 Å². The van der Waals surface area contributed by atoms with E-state index in [9.17, 15) is 0 Å². The first-order valence-corrected chi connectivity index (χ1v) is 5.07. The molecule has 0 bridgehead atoms. The molecule has 0 aliphatic rings. The van der Waals surface area contributed by atoms with Gasteiger partial charge in [-0.25, -0.2) is 9.50 Å². The van der Waals surface area contributed by atoms with E-state index in [0.29, 0.717) is 12.5 Å². The summed E-state index contributed by atoms with van der Waals surface area (Å²) < 4.78 is 1.81. The second-order valence-electron chi connectivity index (χ2n) is 3.26. The SMILES string of the molecule is CC(C)c1nn2cc(CN)nc2s1. The van der Waals surface area contributed by atoms with Gasteiger partial charge in [0.05, 0.1) is 11.9 Å². The fourth-order valence-electron chi connectivity index (χ4n) is 1.09. The van der Waals surface area contributed by atoms with E-state index < -0.39 is 0 Å². The number of imidazole rings is 1. The van der Waals surface area contributed by atoms with Gasteiger partial charge in [0.2, 0.25) is 4.96 Å². The highest BCUT2D eigenvalue weighted by Crippen LogP contribution is 2.21. The molecule has 0 aromatic carbocycles. The van der Waals surface area contributed by atoms with Gasteiger partial charge in [-0.05, 0) is 0 Å². The largest absolute Gasteiger partial charge is 0.325 e. The van der Waals surface area contributed by atoms with Crippen LogP contribution in [-0.2, 0) is 6.54 Å². The van der Waals surface area contributed by atoms with Gasteiger partial charge in [-0.15, -0.1) is 0 Å². The maximum absolute atomic E-state index is 5.47. The van der Waals surface area contributed by atoms with E-state index >= 15 is 0 Å². The molecular formula is C8H12N4S. The van der Waals surface area contributed by atoms with Gasteiger partial charge in [-0.1, -0.05) is 25.2 Å². The lowest BCUT2D eigenvalue weighted by Gasteiger charge is -1.94. The molecule has 0 spiro atoms. The van der Waals surface area contributed by atoms with Crippen LogP contribution in [0.15, 0.2) is 6.20 Å². The lowest BCUT2D eigenvalue weighted by Crippen LogP contribution is -1.96. The van der Waals surface area contributed by atoms with Gasteiger partial charge in [-0.2, -0.15) is 5.10 Å². The zero-order valence-corrected chi connectivity index (χ0v) is 8.51. The highest BCUT2D eigenvalue weighted by atomic mass is 32.1. The van der Waals surface area contributed by atoms with E-state index in [2.05, 4.69) is 23.9 Å². The molecule has 70 valence electrons. The van der Waals surface area contributed by atoms with Crippen molar-refractivity contribution >= 4 is 16.3 Å². The van der Waals surface area contributed by atoms with Crippen molar-refractivity contribution in [1.82, 2.24) is 14.6 Å². The minimum atomic E-state index is 0.466. The molecule has 2 heterocycles. The maximum Gasteiger partial charge on any atom is 0.212 e. The Bertz CT molecular complexity index is 383. The number of nitrogens with zero attached hydrogens (tertiary/aromatic N) is 3. The van der Waals surface area contributed by atoms with E-state index in [-0.39, 0.29) is 0 Å². The number of aromatic nitrogens is 3. The summed E-state index contributed by atoms with van der Waals surface area (Å²) in [5.41, 5.74) is 6.37. The molecule has 5 heteroatoms. The number of rotatable bonds is 2. The van der Waals surface area contributed by atoms with Crippen LogP contribution in [-0.4, -0.2) is 14.6 Å². The second kappa shape index (κ2) is 3.08. The Morgan fingerprint density at radius 2 is 2.38 bits per heavy atom. The molecule has 0 unspecified atom stereocenters. The monoisotopic (exact) mass is 196 g/mol. The van der Waals surface area contributed by atoms with Crippen LogP contribution in [0, 0.1) is 0 Å². The summed E-state index contributed by atoms with van der Waals surface area (Å²) in [5, 5.41) is 5.51. The van der Waals surface area contributed by atoms with Gasteiger partial charge in [0.15, 0.2) is 0 Å². The van der Waals surface area contributed by atoms with Crippen LogP contribution in [0.5, 0.6) is 0 Å². The normalized spacial score (nSPS) is 11.7. The molecule has 2 aromatic heterocycles. The standard InChI is InChI=1S/C8H12N4S/c1-5(2)7-11-12-4-6(3-9)10-8(12)13-7/h4-5H,3,9H2,1-2H3. The molecule has 2 aromatic rings. The molecule has 2 N–H and O–H groups in total. The predicted molar refractivity (Wildman–Crippen MR) is 52.8 cm³/mol. The summed E-state index contributed by atoms with van der Waals surface area (Å²) in [6, 6.07) is 0. The predicted octanol–water partition coefficient (Wildman–Crippen LogP) is 1.37. The minimum absolute atomic E-state index is 0.466. The van der Waals surface area contributed by atoms with Gasteiger partial charge < -0.3 is 5.73 Å². The van der Waals surface area contributed by atoms with Gasteiger partial charge >= 0.3 is 0 Å². The molecule has 13 heavy (non-hydrogen) atoms. The van der Waals surface area contributed by atoms with Crippen LogP contribution in [0.25, 0.3) is 4.96 Å². The van der Waals surface area contributed by atoms with Crippen LogP contribution in [0.3, 0.4) is 0 Å². The Kier molecular flexibility index (Phi) is 2.05. The van der Waals surface area contributed by atoms with Crippen LogP contribution in [0.2, 0.25) is 0 Å². The number of nitrogens with two attached hydrogens (primary N) is 1. The fraction of sp³-hybridized carbons (Fsp3) is 0.500. The Morgan fingerprint density at radius 3 is 2.92 bits per heavy atom. The average Bonchev–Trinajstić information content (AvgIpc) is 2.58. The zero-order chi connectivity index (χ0) is 9.42. The Balaban J connectivity index is 2.48. The van der Waals surface area contributed by atoms with Gasteiger partial charge in [0.25, 0.3) is 0 Å². The Hall–Kier alpha value is -0.940. The molecule has 4 nitrogen and oxygen atoms in total. The van der Waals surface area contributed by atoms with Crippen molar-refractivity contribution in [2.75, 3.05) is 0 Å². The molecule has 0 radical (unpaired) electrons. The second-order valence-corrected chi connectivity index (χ2v) is 4.25. The minimum Gasteiger partial charge on any atom is -0.325 e. The summed E-state index contributed by atoms with van der Waals surface area (Å²) >= 11 is 1.63. The summed E-state index contributed by atoms with van der Waals surface area (Å²) in [5.74, 6) is 0.466. The quantitative estimate of drug-likeness (QED) is 0.789. The van der Waals surface area contributed by atoms with E-state index in [1.54, 1.807) is 11.3 Å². The van der Waals surface area contributed by atoms with Crippen molar-refractivity contribution in [3.8, 4) is 0 Å². The zero-order valence-electron chi connectivity index (χ0n) is 7.69. The molecule has 0 amide bonds. The third-order valence-electron chi connectivity index (χ3n) is 1.81. The Morgan fingerprint density at radius 1 is 1.62 bits per heavy atom. The van der Waals surface area contributed by atoms with Crippen molar-refractivity contribution in [3.05, 3.63) is 16.9 Å². The first-order valence-electron chi connectivity index (χ1n) is 4.25. The third kappa shape index (κ3) is 1.45. The van der Waals surface area contributed by atoms with Crippen molar-refractivity contribution in [1.29, 1.82) is 0 Å². The molecule has 2 rings (SSSR count). The van der Waals surface area contributed by atoms with Gasteiger partial charge in [0, 0.05) is 12.5 Å². The first kappa shape index (κ1) is 8.65. The highest BCUT2D eigenvalue weighted by Gasteiger charge is 2.09. The molecular weight excluding hydrogens is 184 g/mol. The topological polar surface area (TPSA) is 56.2 Å². The van der Waals surface area contributed by atoms with Crippen molar-refractivity contribution in [3.63, 3.8) is 0 Å². The van der Waals surface area contributed by atoms with Crippen LogP contribution < -0.4 is 5.73 Å². The summed E-state index contributed by atoms with van der Waals surface area (Å²) in [7, 11) is 0. The van der Waals surface area contributed by atoms with Crippen LogP contribution in [0.1, 0.15) is 30.5 Å². The van der Waals surface area contributed by atoms with E-state index in [4.69, 9.17) is 5.73 Å². The molecule has 0 atom stereocenters. The highest BCUT2D eigenvalue weighted by molar-refractivity contribution is 7.16. The van der Waals surface area contributed by atoms with Crippen LogP contribution in [0.4, 0.5) is 0 Å².